The SMILES string of the molecule is Cc1ccc(N2C(=O)[C@H]3[C@H]4C[C@@H]([C@@H]3C2=O)[C@@H]2[C@H](c3ccccc3OCC(=O)Nc3ccccc3C)c3sc(=O)[nH]c3S[C@H]42)cc1. The molecule has 8 rings (SSSR count). The molecule has 0 radical (unpaired) electrons. The second-order valence-electron chi connectivity index (χ2n) is 12.5. The van der Waals surface area contributed by atoms with Gasteiger partial charge in [-0.05, 0) is 67.9 Å². The number of carbonyl (C=O) groups is 3. The van der Waals surface area contributed by atoms with E-state index in [1.165, 1.54) is 16.2 Å². The van der Waals surface area contributed by atoms with Crippen LogP contribution < -0.4 is 19.8 Å². The van der Waals surface area contributed by atoms with Crippen LogP contribution in [0.2, 0.25) is 0 Å². The molecule has 7 atom stereocenters. The van der Waals surface area contributed by atoms with E-state index < -0.39 is 5.92 Å². The van der Waals surface area contributed by atoms with Gasteiger partial charge in [-0.3, -0.25) is 24.1 Å². The number of fused-ring (bicyclic) bond motifs is 9. The van der Waals surface area contributed by atoms with E-state index in [9.17, 15) is 19.2 Å². The van der Waals surface area contributed by atoms with Gasteiger partial charge in [0.1, 0.15) is 5.75 Å². The molecule has 1 saturated heterocycles. The molecule has 2 aliphatic heterocycles. The number of thiazole rings is 1. The van der Waals surface area contributed by atoms with Crippen LogP contribution in [0.3, 0.4) is 0 Å². The Hall–Kier alpha value is -4.15. The van der Waals surface area contributed by atoms with Gasteiger partial charge in [-0.25, -0.2) is 0 Å². The van der Waals surface area contributed by atoms with Gasteiger partial charge in [-0.15, -0.1) is 11.8 Å². The predicted octanol–water partition coefficient (Wildman–Crippen LogP) is 5.75. The number of imide groups is 1. The zero-order valence-corrected chi connectivity index (χ0v) is 26.3. The van der Waals surface area contributed by atoms with E-state index in [4.69, 9.17) is 4.74 Å². The van der Waals surface area contributed by atoms with Crippen molar-refractivity contribution in [3.8, 4) is 5.75 Å². The fourth-order valence-corrected chi connectivity index (χ4v) is 11.1. The molecule has 45 heavy (non-hydrogen) atoms. The van der Waals surface area contributed by atoms with E-state index in [1.54, 1.807) is 11.8 Å². The predicted molar refractivity (Wildman–Crippen MR) is 174 cm³/mol. The normalized spacial score (nSPS) is 27.7. The lowest BCUT2D eigenvalue weighted by molar-refractivity contribution is -0.123. The number of para-hydroxylation sites is 2. The lowest BCUT2D eigenvalue weighted by Crippen LogP contribution is -2.42. The molecule has 2 aliphatic carbocycles. The topological polar surface area (TPSA) is 109 Å². The van der Waals surface area contributed by atoms with Crippen LogP contribution in [-0.4, -0.2) is 34.6 Å². The van der Waals surface area contributed by atoms with Gasteiger partial charge in [-0.2, -0.15) is 0 Å². The maximum absolute atomic E-state index is 14.0. The van der Waals surface area contributed by atoms with Gasteiger partial charge in [0.15, 0.2) is 6.61 Å². The minimum atomic E-state index is -0.390. The molecule has 4 aliphatic rings. The molecule has 8 nitrogen and oxygen atoms in total. The number of rotatable bonds is 6. The Kier molecular flexibility index (Phi) is 6.76. The Balaban J connectivity index is 1.13. The largest absolute Gasteiger partial charge is 0.483 e. The Morgan fingerprint density at radius 1 is 0.933 bits per heavy atom. The molecule has 1 aromatic heterocycles. The third-order valence-electron chi connectivity index (χ3n) is 10.0. The Labute approximate surface area is 268 Å². The van der Waals surface area contributed by atoms with Gasteiger partial charge in [0.05, 0.1) is 22.5 Å². The molecule has 3 aromatic carbocycles. The zero-order valence-electron chi connectivity index (χ0n) is 24.7. The standard InChI is InChI=1S/C35H31N3O5S2/c1-17-11-13-19(14-12-17)38-33(40)28-21-15-22(29(28)34(38)41)30-27(21)26(31-32(44-30)37-35(42)45-31)20-8-4-6-10-24(20)43-16-25(39)36-23-9-5-3-7-18(23)2/h3-14,21-22,26-30H,15-16H2,1-2H3,(H,36,39)(H,37,42)/t21-,22-,26+,27-,28+,29+,30-/m1/s1. The average Bonchev–Trinajstić information content (AvgIpc) is 3.77. The van der Waals surface area contributed by atoms with Crippen LogP contribution in [0.1, 0.15) is 33.9 Å². The number of aromatic nitrogens is 1. The van der Waals surface area contributed by atoms with Crippen molar-refractivity contribution in [1.29, 1.82) is 0 Å². The fraction of sp³-hybridized carbons (Fsp3) is 0.314. The minimum Gasteiger partial charge on any atom is -0.483 e. The highest BCUT2D eigenvalue weighted by atomic mass is 32.2. The van der Waals surface area contributed by atoms with Crippen LogP contribution in [0.25, 0.3) is 0 Å². The van der Waals surface area contributed by atoms with E-state index in [2.05, 4.69) is 10.3 Å². The summed E-state index contributed by atoms with van der Waals surface area (Å²) in [4.78, 5) is 58.8. The van der Waals surface area contributed by atoms with Gasteiger partial charge in [-0.1, -0.05) is 65.4 Å². The van der Waals surface area contributed by atoms with Crippen LogP contribution in [0.15, 0.2) is 82.6 Å². The number of nitrogens with one attached hydrogen (secondary N) is 2. The molecule has 4 aromatic rings. The highest BCUT2D eigenvalue weighted by molar-refractivity contribution is 8.00. The Morgan fingerprint density at radius 3 is 2.42 bits per heavy atom. The first-order chi connectivity index (χ1) is 21.8. The fourth-order valence-electron chi connectivity index (χ4n) is 8.22. The van der Waals surface area contributed by atoms with E-state index in [0.29, 0.717) is 11.4 Å². The molecule has 3 amide bonds. The summed E-state index contributed by atoms with van der Waals surface area (Å²) in [5, 5.41) is 3.82. The van der Waals surface area contributed by atoms with Crippen LogP contribution in [0, 0.1) is 43.4 Å². The van der Waals surface area contributed by atoms with Crippen molar-refractivity contribution in [2.45, 2.75) is 36.5 Å². The molecule has 3 fully saturated rings. The molecule has 0 unspecified atom stereocenters. The molecule has 3 heterocycles. The van der Waals surface area contributed by atoms with Crippen molar-refractivity contribution in [2.75, 3.05) is 16.8 Å². The number of aryl methyl sites for hydroxylation is 2. The quantitative estimate of drug-likeness (QED) is 0.261. The number of thioether (sulfide) groups is 1. The molecule has 228 valence electrons. The first-order valence-electron chi connectivity index (χ1n) is 15.2. The maximum atomic E-state index is 14.0. The molecular weight excluding hydrogens is 607 g/mol. The van der Waals surface area contributed by atoms with Gasteiger partial charge < -0.3 is 15.0 Å². The summed E-state index contributed by atoms with van der Waals surface area (Å²) in [5.41, 5.74) is 4.28. The van der Waals surface area contributed by atoms with Crippen molar-refractivity contribution in [3.05, 3.63) is 104 Å². The molecule has 2 saturated carbocycles. The van der Waals surface area contributed by atoms with Crippen molar-refractivity contribution >= 4 is 52.2 Å². The van der Waals surface area contributed by atoms with Crippen molar-refractivity contribution < 1.29 is 19.1 Å². The first-order valence-corrected chi connectivity index (χ1v) is 16.9. The summed E-state index contributed by atoms with van der Waals surface area (Å²) in [7, 11) is 0. The number of hydrogen-bond acceptors (Lipinski definition) is 7. The lowest BCUT2D eigenvalue weighted by Gasteiger charge is -2.43. The second kappa shape index (κ2) is 10.7. The first kappa shape index (κ1) is 28.3. The lowest BCUT2D eigenvalue weighted by atomic mass is 9.68. The van der Waals surface area contributed by atoms with Crippen LogP contribution in [0.5, 0.6) is 5.75 Å². The number of amides is 3. The third kappa shape index (κ3) is 4.48. The minimum absolute atomic E-state index is 0.0165. The van der Waals surface area contributed by atoms with Gasteiger partial charge >= 0.3 is 4.87 Å². The van der Waals surface area contributed by atoms with Gasteiger partial charge in [0.25, 0.3) is 5.91 Å². The highest BCUT2D eigenvalue weighted by Gasteiger charge is 2.69. The molecule has 0 spiro atoms. The van der Waals surface area contributed by atoms with E-state index in [-0.39, 0.29) is 64.0 Å². The van der Waals surface area contributed by atoms with Crippen molar-refractivity contribution in [3.63, 3.8) is 0 Å². The zero-order chi connectivity index (χ0) is 31.0. The number of aromatic amines is 1. The average molecular weight is 638 g/mol. The van der Waals surface area contributed by atoms with Crippen molar-refractivity contribution in [1.82, 2.24) is 4.98 Å². The van der Waals surface area contributed by atoms with Gasteiger partial charge in [0, 0.05) is 27.3 Å². The van der Waals surface area contributed by atoms with E-state index in [1.807, 2.05) is 86.6 Å². The second-order valence-corrected chi connectivity index (χ2v) is 14.7. The smallest absolute Gasteiger partial charge is 0.305 e. The molecule has 2 N–H and O–H groups in total. The van der Waals surface area contributed by atoms with Crippen molar-refractivity contribution in [2.24, 2.45) is 29.6 Å². The van der Waals surface area contributed by atoms with Crippen LogP contribution >= 0.6 is 23.1 Å². The van der Waals surface area contributed by atoms with Gasteiger partial charge in [0.2, 0.25) is 11.8 Å². The summed E-state index contributed by atoms with van der Waals surface area (Å²) >= 11 is 2.86. The summed E-state index contributed by atoms with van der Waals surface area (Å²) in [6.07, 6.45) is 0.800. The monoisotopic (exact) mass is 637 g/mol. The van der Waals surface area contributed by atoms with Crippen LogP contribution in [0.4, 0.5) is 11.4 Å². The van der Waals surface area contributed by atoms with Crippen LogP contribution in [-0.2, 0) is 14.4 Å². The molecule has 10 heteroatoms. The Bertz CT molecular complexity index is 1920. The molecule has 2 bridgehead atoms. The number of H-pyrrole nitrogens is 1. The van der Waals surface area contributed by atoms with E-state index in [0.717, 1.165) is 38.7 Å². The number of ether oxygens (including phenoxy) is 1. The summed E-state index contributed by atoms with van der Waals surface area (Å²) in [6.45, 7) is 3.74. The maximum Gasteiger partial charge on any atom is 0.305 e. The summed E-state index contributed by atoms with van der Waals surface area (Å²) < 4.78 is 6.19. The number of nitrogens with zero attached hydrogens (tertiary/aromatic N) is 1. The third-order valence-corrected chi connectivity index (χ3v) is 12.6. The number of hydrogen-bond donors (Lipinski definition) is 2. The summed E-state index contributed by atoms with van der Waals surface area (Å²) in [5.74, 6) is -0.838. The van der Waals surface area contributed by atoms with E-state index >= 15 is 0 Å². The number of anilines is 2. The Morgan fingerprint density at radius 2 is 1.64 bits per heavy atom. The molecular formula is C35H31N3O5S2. The summed E-state index contributed by atoms with van der Waals surface area (Å²) in [6, 6.07) is 22.8. The number of benzene rings is 3. The highest BCUT2D eigenvalue weighted by Crippen LogP contribution is 2.69. The number of carbonyl (C=O) groups excluding carboxylic acids is 3.